The molecule has 2 aromatic carbocycles. The number of allylic oxidation sites excluding steroid dienone is 1. The molecule has 2 aliphatic heterocycles. The van der Waals surface area contributed by atoms with Crippen LogP contribution in [0.5, 0.6) is 11.5 Å². The molecule has 32 heavy (non-hydrogen) atoms. The van der Waals surface area contributed by atoms with Crippen LogP contribution in [0.25, 0.3) is 6.08 Å². The maximum Gasteiger partial charge on any atom is 0.231 e. The number of phenols is 1. The second-order valence-corrected chi connectivity index (χ2v) is 8.64. The number of hydrogen-bond donors (Lipinski definition) is 1. The average molecular weight is 447 g/mol. The highest BCUT2D eigenvalue weighted by Gasteiger charge is 2.33. The molecule has 0 spiro atoms. The number of halogens is 1. The number of aromatic nitrogens is 1. The Morgan fingerprint density at radius 1 is 1.19 bits per heavy atom. The van der Waals surface area contributed by atoms with Crippen molar-refractivity contribution in [1.82, 2.24) is 9.88 Å². The Kier molecular flexibility index (Phi) is 5.68. The predicted molar refractivity (Wildman–Crippen MR) is 124 cm³/mol. The van der Waals surface area contributed by atoms with E-state index in [1.54, 1.807) is 36.5 Å². The Labute approximate surface area is 191 Å². The second-order valence-electron chi connectivity index (χ2n) is 8.20. The van der Waals surface area contributed by atoms with Gasteiger partial charge in [-0.15, -0.1) is 0 Å². The molecule has 1 atom stereocenters. The zero-order valence-electron chi connectivity index (χ0n) is 17.5. The molecule has 0 bridgehead atoms. The highest BCUT2D eigenvalue weighted by atomic mass is 35.5. The summed E-state index contributed by atoms with van der Waals surface area (Å²) in [6.45, 7) is 1.40. The van der Waals surface area contributed by atoms with Crippen molar-refractivity contribution in [3.05, 3.63) is 94.0 Å². The van der Waals surface area contributed by atoms with Gasteiger partial charge in [-0.05, 0) is 66.9 Å². The van der Waals surface area contributed by atoms with Crippen LogP contribution in [0.4, 0.5) is 0 Å². The monoisotopic (exact) mass is 446 g/mol. The molecule has 0 saturated carbocycles. The quantitative estimate of drug-likeness (QED) is 0.514. The smallest absolute Gasteiger partial charge is 0.231 e. The third-order valence-corrected chi connectivity index (χ3v) is 6.34. The zero-order valence-corrected chi connectivity index (χ0v) is 18.3. The molecule has 0 aliphatic carbocycles. The maximum absolute atomic E-state index is 13.0. The molecule has 1 fully saturated rings. The van der Waals surface area contributed by atoms with Crippen molar-refractivity contribution in [2.75, 3.05) is 6.54 Å². The Balaban J connectivity index is 1.47. The first-order chi connectivity index (χ1) is 15.6. The summed E-state index contributed by atoms with van der Waals surface area (Å²) >= 11 is 6.08. The first kappa shape index (κ1) is 20.7. The number of aromatic hydroxyl groups is 1. The minimum Gasteiger partial charge on any atom is -0.507 e. The summed E-state index contributed by atoms with van der Waals surface area (Å²) in [5, 5.41) is 11.3. The van der Waals surface area contributed by atoms with Gasteiger partial charge in [0.05, 0.1) is 11.1 Å². The fraction of sp³-hybridized carbons (Fsp3) is 0.231. The number of hydrogen-bond acceptors (Lipinski definition) is 5. The lowest BCUT2D eigenvalue weighted by Crippen LogP contribution is -2.33. The predicted octanol–water partition coefficient (Wildman–Crippen LogP) is 5.78. The largest absolute Gasteiger partial charge is 0.507 e. The first-order valence-corrected chi connectivity index (χ1v) is 11.2. The maximum atomic E-state index is 13.0. The number of likely N-dealkylation sites (tertiary alicyclic amines) is 1. The normalized spacial score (nSPS) is 19.7. The van der Waals surface area contributed by atoms with E-state index in [2.05, 4.69) is 16.0 Å². The average Bonchev–Trinajstić information content (AvgIpc) is 3.12. The van der Waals surface area contributed by atoms with E-state index in [-0.39, 0.29) is 23.3 Å². The molecular weight excluding hydrogens is 424 g/mol. The van der Waals surface area contributed by atoms with Crippen molar-refractivity contribution in [3.8, 4) is 11.5 Å². The van der Waals surface area contributed by atoms with Gasteiger partial charge >= 0.3 is 0 Å². The van der Waals surface area contributed by atoms with E-state index in [0.29, 0.717) is 28.4 Å². The number of phenolic OH excluding ortho intramolecular Hbond substituents is 1. The fourth-order valence-corrected chi connectivity index (χ4v) is 4.73. The SMILES string of the molecule is O=C1/C(=C/c2cccc(Cl)c2)Oc2c1ccc(O)c2CN1CCCC[C@H]1c1cccnc1. The molecule has 3 heterocycles. The van der Waals surface area contributed by atoms with Gasteiger partial charge in [0.1, 0.15) is 11.5 Å². The van der Waals surface area contributed by atoms with Crippen molar-refractivity contribution < 1.29 is 14.6 Å². The van der Waals surface area contributed by atoms with Crippen LogP contribution in [-0.2, 0) is 6.54 Å². The van der Waals surface area contributed by atoms with E-state index in [0.717, 1.165) is 36.9 Å². The van der Waals surface area contributed by atoms with E-state index in [4.69, 9.17) is 16.3 Å². The molecule has 5 nitrogen and oxygen atoms in total. The van der Waals surface area contributed by atoms with E-state index >= 15 is 0 Å². The molecule has 3 aromatic rings. The molecule has 1 N–H and O–H groups in total. The van der Waals surface area contributed by atoms with Gasteiger partial charge in [0.2, 0.25) is 5.78 Å². The number of carbonyl (C=O) groups excluding carboxylic acids is 1. The van der Waals surface area contributed by atoms with Gasteiger partial charge in [-0.1, -0.05) is 36.2 Å². The number of Topliss-reactive ketones (excluding diaryl/α,β-unsaturated/α-hetero) is 1. The lowest BCUT2D eigenvalue weighted by Gasteiger charge is -2.36. The van der Waals surface area contributed by atoms with Gasteiger partial charge in [-0.3, -0.25) is 14.7 Å². The Hall–Kier alpha value is -3.15. The Morgan fingerprint density at radius 3 is 2.91 bits per heavy atom. The molecule has 1 saturated heterocycles. The summed E-state index contributed by atoms with van der Waals surface area (Å²) in [5.41, 5.74) is 3.06. The summed E-state index contributed by atoms with van der Waals surface area (Å²) in [6.07, 6.45) is 8.64. The van der Waals surface area contributed by atoms with E-state index in [1.165, 1.54) is 0 Å². The third kappa shape index (κ3) is 4.01. The molecule has 6 heteroatoms. The zero-order chi connectivity index (χ0) is 22.1. The summed E-state index contributed by atoms with van der Waals surface area (Å²) in [7, 11) is 0. The van der Waals surface area contributed by atoms with Crippen LogP contribution < -0.4 is 4.74 Å². The minimum atomic E-state index is -0.191. The number of benzene rings is 2. The lowest BCUT2D eigenvalue weighted by atomic mass is 9.95. The fourth-order valence-electron chi connectivity index (χ4n) is 4.53. The van der Waals surface area contributed by atoms with Crippen LogP contribution in [0.3, 0.4) is 0 Å². The van der Waals surface area contributed by atoms with Gasteiger partial charge in [0.25, 0.3) is 0 Å². The topological polar surface area (TPSA) is 62.7 Å². The summed E-state index contributed by atoms with van der Waals surface area (Å²) in [6, 6.07) is 14.7. The number of piperidine rings is 1. The van der Waals surface area contributed by atoms with E-state index in [1.807, 2.05) is 24.4 Å². The summed E-state index contributed by atoms with van der Waals surface area (Å²) in [4.78, 5) is 19.6. The van der Waals surface area contributed by atoms with Crippen LogP contribution in [0.1, 0.15) is 52.4 Å². The van der Waals surface area contributed by atoms with Gasteiger partial charge in [-0.25, -0.2) is 0 Å². The summed E-state index contributed by atoms with van der Waals surface area (Å²) < 4.78 is 6.03. The molecule has 0 amide bonds. The van der Waals surface area contributed by atoms with Gasteiger partial charge in [0.15, 0.2) is 5.76 Å². The van der Waals surface area contributed by atoms with Crippen LogP contribution in [0, 0.1) is 0 Å². The first-order valence-electron chi connectivity index (χ1n) is 10.8. The molecule has 0 unspecified atom stereocenters. The number of fused-ring (bicyclic) bond motifs is 1. The van der Waals surface area contributed by atoms with Gasteiger partial charge in [-0.2, -0.15) is 0 Å². The Bertz CT molecular complexity index is 1190. The van der Waals surface area contributed by atoms with Crippen molar-refractivity contribution in [1.29, 1.82) is 0 Å². The number of nitrogens with zero attached hydrogens (tertiary/aromatic N) is 2. The van der Waals surface area contributed by atoms with E-state index < -0.39 is 0 Å². The molecule has 162 valence electrons. The highest BCUT2D eigenvalue weighted by molar-refractivity contribution is 6.30. The number of rotatable bonds is 4. The number of carbonyl (C=O) groups is 1. The molecule has 1 aromatic heterocycles. The number of ether oxygens (including phenoxy) is 1. The van der Waals surface area contributed by atoms with Gasteiger partial charge < -0.3 is 9.84 Å². The minimum absolute atomic E-state index is 0.135. The van der Waals surface area contributed by atoms with Crippen molar-refractivity contribution in [3.63, 3.8) is 0 Å². The van der Waals surface area contributed by atoms with Crippen LogP contribution in [0.15, 0.2) is 66.7 Å². The number of pyridine rings is 1. The molecule has 5 rings (SSSR count). The third-order valence-electron chi connectivity index (χ3n) is 6.11. The van der Waals surface area contributed by atoms with Crippen LogP contribution >= 0.6 is 11.6 Å². The lowest BCUT2D eigenvalue weighted by molar-refractivity contribution is 0.101. The van der Waals surface area contributed by atoms with E-state index in [9.17, 15) is 9.90 Å². The van der Waals surface area contributed by atoms with Crippen molar-refractivity contribution in [2.24, 2.45) is 0 Å². The van der Waals surface area contributed by atoms with Crippen molar-refractivity contribution >= 4 is 23.5 Å². The highest BCUT2D eigenvalue weighted by Crippen LogP contribution is 2.42. The molecule has 0 radical (unpaired) electrons. The molecule has 2 aliphatic rings. The molecular formula is C26H23ClN2O3. The van der Waals surface area contributed by atoms with Gasteiger partial charge in [0, 0.05) is 30.0 Å². The Morgan fingerprint density at radius 2 is 2.09 bits per heavy atom. The van der Waals surface area contributed by atoms with Crippen LogP contribution in [0.2, 0.25) is 5.02 Å². The van der Waals surface area contributed by atoms with Crippen LogP contribution in [-0.4, -0.2) is 27.3 Å². The summed E-state index contributed by atoms with van der Waals surface area (Å²) in [5.74, 6) is 0.620. The number of ketones is 1. The van der Waals surface area contributed by atoms with Crippen molar-refractivity contribution in [2.45, 2.75) is 31.8 Å². The second kappa shape index (κ2) is 8.77. The standard InChI is InChI=1S/C26H23ClN2O3/c27-19-7-3-5-17(13-19)14-24-25(31)20-9-10-23(30)21(26(20)32-24)16-29-12-2-1-8-22(29)18-6-4-11-28-15-18/h3-7,9-11,13-15,22,30H,1-2,8,12,16H2/b24-14-/t22-/m0/s1.